The Morgan fingerprint density at radius 3 is 2.64 bits per heavy atom. The van der Waals surface area contributed by atoms with Gasteiger partial charge in [-0.3, -0.25) is 0 Å². The molecule has 0 saturated heterocycles. The van der Waals surface area contributed by atoms with Crippen LogP contribution in [0.25, 0.3) is 22.4 Å². The second kappa shape index (κ2) is 7.15. The molecule has 0 fully saturated rings. The third-order valence-electron chi connectivity index (χ3n) is 2.93. The van der Waals surface area contributed by atoms with Crippen LogP contribution >= 0.6 is 11.6 Å². The molecule has 0 radical (unpaired) electrons. The minimum atomic E-state index is -1.26. The molecule has 1 N–H and O–H groups in total. The van der Waals surface area contributed by atoms with Gasteiger partial charge >= 0.3 is 29.6 Å². The standard InChI is InChI=1S/C15H11ClN2O3.Na/c16-10-3-6-12-13(7-10)18-15(17-12)9-1-4-11(5-2-9)21-8-14(19)20;/h1-7H,8H2,(H,17,18)(H,19,20);/q;+1/p-1. The molecule has 1 heterocycles. The van der Waals surface area contributed by atoms with Crippen molar-refractivity contribution >= 4 is 28.6 Å². The zero-order chi connectivity index (χ0) is 14.8. The van der Waals surface area contributed by atoms with Crippen molar-refractivity contribution in [1.29, 1.82) is 0 Å². The summed E-state index contributed by atoms with van der Waals surface area (Å²) in [5.41, 5.74) is 2.55. The van der Waals surface area contributed by atoms with Crippen LogP contribution in [0.4, 0.5) is 0 Å². The molecule has 0 bridgehead atoms. The number of hydrogen-bond acceptors (Lipinski definition) is 4. The normalized spacial score (nSPS) is 10.2. The van der Waals surface area contributed by atoms with Gasteiger partial charge in [-0.05, 0) is 42.5 Å². The Kier molecular flexibility index (Phi) is 5.47. The smallest absolute Gasteiger partial charge is 0.546 e. The topological polar surface area (TPSA) is 78.0 Å². The molecule has 0 aliphatic carbocycles. The molecule has 7 heteroatoms. The van der Waals surface area contributed by atoms with E-state index in [0.29, 0.717) is 16.6 Å². The summed E-state index contributed by atoms with van der Waals surface area (Å²) in [5.74, 6) is -0.0888. The third kappa shape index (κ3) is 3.81. The van der Waals surface area contributed by atoms with Crippen LogP contribution in [-0.2, 0) is 4.79 Å². The largest absolute Gasteiger partial charge is 1.00 e. The van der Waals surface area contributed by atoms with E-state index in [9.17, 15) is 9.90 Å². The summed E-state index contributed by atoms with van der Waals surface area (Å²) in [7, 11) is 0. The summed E-state index contributed by atoms with van der Waals surface area (Å²) in [6.45, 7) is -0.470. The molecule has 22 heavy (non-hydrogen) atoms. The molecule has 3 aromatic rings. The second-order valence-electron chi connectivity index (χ2n) is 4.43. The molecule has 0 atom stereocenters. The van der Waals surface area contributed by atoms with Gasteiger partial charge in [0.1, 0.15) is 18.2 Å². The van der Waals surface area contributed by atoms with Gasteiger partial charge in [-0.25, -0.2) is 4.98 Å². The number of carbonyl (C=O) groups excluding carboxylic acids is 1. The number of aromatic nitrogens is 2. The maximum Gasteiger partial charge on any atom is 1.00 e. The van der Waals surface area contributed by atoms with E-state index in [1.165, 1.54) is 0 Å². The van der Waals surface area contributed by atoms with Crippen LogP contribution < -0.4 is 39.4 Å². The molecule has 1 aromatic heterocycles. The second-order valence-corrected chi connectivity index (χ2v) is 4.87. The molecule has 0 saturated carbocycles. The van der Waals surface area contributed by atoms with E-state index in [-0.39, 0.29) is 29.6 Å². The van der Waals surface area contributed by atoms with Crippen LogP contribution in [0.1, 0.15) is 0 Å². The summed E-state index contributed by atoms with van der Waals surface area (Å²) >= 11 is 5.94. The summed E-state index contributed by atoms with van der Waals surface area (Å²) in [5, 5.41) is 11.0. The van der Waals surface area contributed by atoms with Gasteiger partial charge in [-0.2, -0.15) is 0 Å². The van der Waals surface area contributed by atoms with Crippen molar-refractivity contribution in [1.82, 2.24) is 9.97 Å². The molecule has 0 amide bonds. The molecule has 0 spiro atoms. The number of fused-ring (bicyclic) bond motifs is 1. The Labute approximate surface area is 153 Å². The number of carbonyl (C=O) groups is 1. The monoisotopic (exact) mass is 324 g/mol. The van der Waals surface area contributed by atoms with Crippen molar-refractivity contribution in [2.24, 2.45) is 0 Å². The number of ether oxygens (including phenoxy) is 1. The Bertz CT molecular complexity index is 802. The molecule has 2 aromatic carbocycles. The number of carboxylic acid groups (broad SMARTS) is 1. The van der Waals surface area contributed by atoms with Gasteiger partial charge in [-0.1, -0.05) is 11.6 Å². The van der Waals surface area contributed by atoms with Gasteiger partial charge in [0.15, 0.2) is 0 Å². The van der Waals surface area contributed by atoms with Crippen molar-refractivity contribution in [2.45, 2.75) is 0 Å². The number of benzene rings is 2. The van der Waals surface area contributed by atoms with Gasteiger partial charge in [0, 0.05) is 10.6 Å². The molecule has 0 unspecified atom stereocenters. The molecule has 0 aliphatic heterocycles. The minimum Gasteiger partial charge on any atom is -0.546 e. The summed E-state index contributed by atoms with van der Waals surface area (Å²) in [6.07, 6.45) is 0. The predicted molar refractivity (Wildman–Crippen MR) is 77.0 cm³/mol. The van der Waals surface area contributed by atoms with Crippen LogP contribution in [0.5, 0.6) is 5.75 Å². The SMILES string of the molecule is O=C([O-])COc1ccc(-c2nc3ccc(Cl)cc3[nH]2)cc1.[Na+]. The van der Waals surface area contributed by atoms with E-state index in [2.05, 4.69) is 9.97 Å². The summed E-state index contributed by atoms with van der Waals surface area (Å²) in [4.78, 5) is 18.0. The van der Waals surface area contributed by atoms with Crippen molar-refractivity contribution in [3.63, 3.8) is 0 Å². The Balaban J connectivity index is 0.00000176. The van der Waals surface area contributed by atoms with Gasteiger partial charge in [0.25, 0.3) is 0 Å². The van der Waals surface area contributed by atoms with Crippen molar-refractivity contribution in [3.05, 3.63) is 47.5 Å². The Morgan fingerprint density at radius 1 is 1.23 bits per heavy atom. The van der Waals surface area contributed by atoms with Crippen LogP contribution in [0.15, 0.2) is 42.5 Å². The molecule has 106 valence electrons. The number of carboxylic acids is 1. The third-order valence-corrected chi connectivity index (χ3v) is 3.16. The van der Waals surface area contributed by atoms with Gasteiger partial charge in [0.2, 0.25) is 0 Å². The number of hydrogen-bond donors (Lipinski definition) is 1. The van der Waals surface area contributed by atoms with Crippen molar-refractivity contribution in [2.75, 3.05) is 6.61 Å². The summed E-state index contributed by atoms with van der Waals surface area (Å²) < 4.78 is 5.02. The van der Waals surface area contributed by atoms with Crippen molar-refractivity contribution in [3.8, 4) is 17.1 Å². The van der Waals surface area contributed by atoms with Gasteiger partial charge in [0.05, 0.1) is 17.0 Å². The Hall–Kier alpha value is -1.53. The molecule has 0 aliphatic rings. The maximum absolute atomic E-state index is 10.3. The van der Waals surface area contributed by atoms with E-state index in [1.54, 1.807) is 30.3 Å². The minimum absolute atomic E-state index is 0. The van der Waals surface area contributed by atoms with E-state index >= 15 is 0 Å². The number of imidazole rings is 1. The number of H-pyrrole nitrogens is 1. The predicted octanol–water partition coefficient (Wildman–Crippen LogP) is -0.984. The first-order valence-electron chi connectivity index (χ1n) is 6.20. The van der Waals surface area contributed by atoms with E-state index in [4.69, 9.17) is 16.3 Å². The van der Waals surface area contributed by atoms with E-state index < -0.39 is 12.6 Å². The zero-order valence-electron chi connectivity index (χ0n) is 11.8. The fourth-order valence-electron chi connectivity index (χ4n) is 1.97. The molecule has 3 rings (SSSR count). The number of aliphatic carboxylic acids is 1. The fraction of sp³-hybridized carbons (Fsp3) is 0.0667. The first-order valence-corrected chi connectivity index (χ1v) is 6.58. The number of aromatic amines is 1. The van der Waals surface area contributed by atoms with E-state index in [0.717, 1.165) is 16.6 Å². The number of nitrogens with one attached hydrogen (secondary N) is 1. The molecular weight excluding hydrogens is 315 g/mol. The fourth-order valence-corrected chi connectivity index (χ4v) is 2.14. The van der Waals surface area contributed by atoms with Crippen LogP contribution in [0.2, 0.25) is 5.02 Å². The van der Waals surface area contributed by atoms with E-state index in [1.807, 2.05) is 12.1 Å². The number of nitrogens with zero attached hydrogens (tertiary/aromatic N) is 1. The zero-order valence-corrected chi connectivity index (χ0v) is 14.6. The first kappa shape index (κ1) is 16.8. The first-order chi connectivity index (χ1) is 10.1. The van der Waals surface area contributed by atoms with Crippen LogP contribution in [-0.4, -0.2) is 22.5 Å². The van der Waals surface area contributed by atoms with Gasteiger partial charge in [-0.15, -0.1) is 0 Å². The van der Waals surface area contributed by atoms with Crippen LogP contribution in [0.3, 0.4) is 0 Å². The number of halogens is 1. The average Bonchev–Trinajstić information content (AvgIpc) is 2.88. The molecule has 5 nitrogen and oxygen atoms in total. The molecular formula is C15H10ClN2NaO3. The maximum atomic E-state index is 10.3. The number of rotatable bonds is 4. The van der Waals surface area contributed by atoms with Crippen molar-refractivity contribution < 1.29 is 44.2 Å². The Morgan fingerprint density at radius 2 is 1.95 bits per heavy atom. The average molecular weight is 325 g/mol. The van der Waals surface area contributed by atoms with Gasteiger partial charge < -0.3 is 19.6 Å². The quantitative estimate of drug-likeness (QED) is 0.626. The summed E-state index contributed by atoms with van der Waals surface area (Å²) in [6, 6.07) is 12.4. The van der Waals surface area contributed by atoms with Crippen LogP contribution in [0, 0.1) is 0 Å².